The van der Waals surface area contributed by atoms with Crippen molar-refractivity contribution >= 4 is 5.95 Å². The Morgan fingerprint density at radius 1 is 1.38 bits per heavy atom. The normalized spacial score (nSPS) is 25.1. The van der Waals surface area contributed by atoms with Crippen LogP contribution in [0.25, 0.3) is 0 Å². The molecule has 4 heteroatoms. The summed E-state index contributed by atoms with van der Waals surface area (Å²) in [6.07, 6.45) is 6.85. The summed E-state index contributed by atoms with van der Waals surface area (Å²) in [5.41, 5.74) is 6.99. The predicted molar refractivity (Wildman–Crippen MR) is 63.4 cm³/mol. The second-order valence-corrected chi connectivity index (χ2v) is 4.78. The van der Waals surface area contributed by atoms with Gasteiger partial charge < -0.3 is 10.6 Å². The van der Waals surface area contributed by atoms with Gasteiger partial charge in [-0.25, -0.2) is 9.97 Å². The third-order valence-electron chi connectivity index (χ3n) is 3.57. The number of hydrogen-bond donors (Lipinski definition) is 1. The zero-order valence-electron chi connectivity index (χ0n) is 9.47. The minimum absolute atomic E-state index is 0.439. The van der Waals surface area contributed by atoms with Crippen LogP contribution >= 0.6 is 0 Å². The highest BCUT2D eigenvalue weighted by atomic mass is 15.3. The van der Waals surface area contributed by atoms with E-state index in [1.807, 2.05) is 6.20 Å². The van der Waals surface area contributed by atoms with Gasteiger partial charge in [-0.05, 0) is 31.7 Å². The van der Waals surface area contributed by atoms with Crippen molar-refractivity contribution in [3.8, 4) is 0 Å². The number of nitrogens with two attached hydrogens (primary N) is 1. The Morgan fingerprint density at radius 3 is 3.00 bits per heavy atom. The first-order valence-corrected chi connectivity index (χ1v) is 6.18. The van der Waals surface area contributed by atoms with Crippen molar-refractivity contribution in [2.24, 2.45) is 5.73 Å². The van der Waals surface area contributed by atoms with Crippen molar-refractivity contribution < 1.29 is 0 Å². The van der Waals surface area contributed by atoms with Gasteiger partial charge in [-0.3, -0.25) is 0 Å². The van der Waals surface area contributed by atoms with E-state index in [9.17, 15) is 0 Å². The molecule has 16 heavy (non-hydrogen) atoms. The maximum Gasteiger partial charge on any atom is 0.225 e. The Balaban J connectivity index is 1.84. The molecule has 0 bridgehead atoms. The second kappa shape index (κ2) is 4.01. The Hall–Kier alpha value is -1.16. The molecule has 0 amide bonds. The maximum absolute atomic E-state index is 5.77. The standard InChI is InChI=1S/C12H18N4/c13-8-10-2-1-7-16(10)12-14-6-5-11(15-12)9-3-4-9/h5-6,9-10H,1-4,7-8,13H2. The summed E-state index contributed by atoms with van der Waals surface area (Å²) >= 11 is 0. The highest BCUT2D eigenvalue weighted by Crippen LogP contribution is 2.39. The molecule has 1 aliphatic heterocycles. The van der Waals surface area contributed by atoms with Crippen LogP contribution in [0.5, 0.6) is 0 Å². The molecule has 1 aliphatic carbocycles. The van der Waals surface area contributed by atoms with Crippen molar-refractivity contribution in [3.05, 3.63) is 18.0 Å². The summed E-state index contributed by atoms with van der Waals surface area (Å²) in [5.74, 6) is 1.58. The molecule has 0 aromatic carbocycles. The molecular formula is C12H18N4. The monoisotopic (exact) mass is 218 g/mol. The molecule has 1 atom stereocenters. The molecule has 0 spiro atoms. The SMILES string of the molecule is NCC1CCCN1c1nccc(C2CC2)n1. The van der Waals surface area contributed by atoms with E-state index in [-0.39, 0.29) is 0 Å². The smallest absolute Gasteiger partial charge is 0.225 e. The Bertz CT molecular complexity index is 375. The number of anilines is 1. The van der Waals surface area contributed by atoms with Gasteiger partial charge in [0.1, 0.15) is 0 Å². The van der Waals surface area contributed by atoms with E-state index in [0.29, 0.717) is 18.5 Å². The van der Waals surface area contributed by atoms with E-state index >= 15 is 0 Å². The van der Waals surface area contributed by atoms with Gasteiger partial charge in [-0.15, -0.1) is 0 Å². The van der Waals surface area contributed by atoms with Crippen LogP contribution in [0, 0.1) is 0 Å². The fourth-order valence-electron chi connectivity index (χ4n) is 2.45. The molecule has 2 heterocycles. The predicted octanol–water partition coefficient (Wildman–Crippen LogP) is 1.28. The molecule has 1 aromatic rings. The lowest BCUT2D eigenvalue weighted by atomic mass is 10.2. The van der Waals surface area contributed by atoms with Crippen molar-refractivity contribution in [1.82, 2.24) is 9.97 Å². The third kappa shape index (κ3) is 1.78. The summed E-state index contributed by atoms with van der Waals surface area (Å²) in [5, 5.41) is 0. The fourth-order valence-corrected chi connectivity index (χ4v) is 2.45. The molecule has 2 fully saturated rings. The highest BCUT2D eigenvalue weighted by Gasteiger charge is 2.28. The average molecular weight is 218 g/mol. The fraction of sp³-hybridized carbons (Fsp3) is 0.667. The van der Waals surface area contributed by atoms with Gasteiger partial charge in [-0.2, -0.15) is 0 Å². The molecule has 3 rings (SSSR count). The van der Waals surface area contributed by atoms with Crippen LogP contribution < -0.4 is 10.6 Å². The lowest BCUT2D eigenvalue weighted by molar-refractivity contribution is 0.662. The van der Waals surface area contributed by atoms with Crippen molar-refractivity contribution in [3.63, 3.8) is 0 Å². The minimum atomic E-state index is 0.439. The van der Waals surface area contributed by atoms with Crippen molar-refractivity contribution in [2.45, 2.75) is 37.6 Å². The lowest BCUT2D eigenvalue weighted by Crippen LogP contribution is -2.36. The number of nitrogens with zero attached hydrogens (tertiary/aromatic N) is 3. The quantitative estimate of drug-likeness (QED) is 0.830. The summed E-state index contributed by atoms with van der Waals surface area (Å²) in [6.45, 7) is 1.76. The van der Waals surface area contributed by atoms with E-state index in [4.69, 9.17) is 5.73 Å². The number of aromatic nitrogens is 2. The molecule has 2 aliphatic rings. The Labute approximate surface area is 95.9 Å². The number of rotatable bonds is 3. The van der Waals surface area contributed by atoms with Crippen LogP contribution in [0.4, 0.5) is 5.95 Å². The van der Waals surface area contributed by atoms with Crippen LogP contribution in [-0.2, 0) is 0 Å². The summed E-state index contributed by atoms with van der Waals surface area (Å²) in [7, 11) is 0. The van der Waals surface area contributed by atoms with Gasteiger partial charge in [0.05, 0.1) is 0 Å². The van der Waals surface area contributed by atoms with Crippen LogP contribution in [0.15, 0.2) is 12.3 Å². The van der Waals surface area contributed by atoms with Gasteiger partial charge in [-0.1, -0.05) is 0 Å². The first-order chi connectivity index (χ1) is 7.88. The van der Waals surface area contributed by atoms with E-state index in [1.165, 1.54) is 31.4 Å². The average Bonchev–Trinajstić information content (AvgIpc) is 3.07. The third-order valence-corrected chi connectivity index (χ3v) is 3.57. The molecule has 2 N–H and O–H groups in total. The molecule has 0 radical (unpaired) electrons. The van der Waals surface area contributed by atoms with Gasteiger partial charge in [0, 0.05) is 36.9 Å². The minimum Gasteiger partial charge on any atom is -0.337 e. The van der Waals surface area contributed by atoms with E-state index in [0.717, 1.165) is 12.5 Å². The van der Waals surface area contributed by atoms with Crippen LogP contribution in [0.3, 0.4) is 0 Å². The van der Waals surface area contributed by atoms with E-state index < -0.39 is 0 Å². The largest absolute Gasteiger partial charge is 0.337 e. The van der Waals surface area contributed by atoms with Crippen LogP contribution in [0.2, 0.25) is 0 Å². The summed E-state index contributed by atoms with van der Waals surface area (Å²) in [4.78, 5) is 11.3. The molecular weight excluding hydrogens is 200 g/mol. The molecule has 4 nitrogen and oxygen atoms in total. The first-order valence-electron chi connectivity index (χ1n) is 6.18. The van der Waals surface area contributed by atoms with Gasteiger partial charge in [0.15, 0.2) is 0 Å². The lowest BCUT2D eigenvalue weighted by Gasteiger charge is -2.23. The summed E-state index contributed by atoms with van der Waals surface area (Å²) in [6, 6.07) is 2.49. The molecule has 1 unspecified atom stereocenters. The Kier molecular flexibility index (Phi) is 2.52. The van der Waals surface area contributed by atoms with E-state index in [2.05, 4.69) is 20.9 Å². The van der Waals surface area contributed by atoms with E-state index in [1.54, 1.807) is 0 Å². The Morgan fingerprint density at radius 2 is 2.25 bits per heavy atom. The van der Waals surface area contributed by atoms with Crippen LogP contribution in [-0.4, -0.2) is 29.1 Å². The topological polar surface area (TPSA) is 55.0 Å². The van der Waals surface area contributed by atoms with Gasteiger partial charge in [0.2, 0.25) is 5.95 Å². The molecule has 1 aromatic heterocycles. The van der Waals surface area contributed by atoms with Crippen molar-refractivity contribution in [2.75, 3.05) is 18.0 Å². The molecule has 86 valence electrons. The molecule has 1 saturated heterocycles. The highest BCUT2D eigenvalue weighted by molar-refractivity contribution is 5.35. The number of hydrogen-bond acceptors (Lipinski definition) is 4. The zero-order valence-corrected chi connectivity index (χ0v) is 9.47. The zero-order chi connectivity index (χ0) is 11.0. The van der Waals surface area contributed by atoms with Gasteiger partial charge in [0.25, 0.3) is 0 Å². The molecule has 1 saturated carbocycles. The first kappa shape index (κ1) is 10.0. The summed E-state index contributed by atoms with van der Waals surface area (Å²) < 4.78 is 0. The van der Waals surface area contributed by atoms with Crippen molar-refractivity contribution in [1.29, 1.82) is 0 Å². The van der Waals surface area contributed by atoms with Crippen LogP contribution in [0.1, 0.15) is 37.3 Å². The maximum atomic E-state index is 5.77. The van der Waals surface area contributed by atoms with Gasteiger partial charge >= 0.3 is 0 Å². The second-order valence-electron chi connectivity index (χ2n) is 4.78.